The second-order valence-corrected chi connectivity index (χ2v) is 4.88. The number of aliphatic hydroxyl groups excluding tert-OH is 1. The fourth-order valence-corrected chi connectivity index (χ4v) is 2.02. The third-order valence-corrected chi connectivity index (χ3v) is 3.07. The molecule has 0 saturated carbocycles. The molecule has 0 bridgehead atoms. The van der Waals surface area contributed by atoms with Gasteiger partial charge in [-0.3, -0.25) is 4.79 Å². The lowest BCUT2D eigenvalue weighted by Crippen LogP contribution is -2.25. The smallest absolute Gasteiger partial charge is 0.305 e. The summed E-state index contributed by atoms with van der Waals surface area (Å²) in [7, 11) is 0. The van der Waals surface area contributed by atoms with Gasteiger partial charge in [0.25, 0.3) is 0 Å². The van der Waals surface area contributed by atoms with Gasteiger partial charge in [-0.1, -0.05) is 43.3 Å². The Bertz CT molecular complexity index is 589. The zero-order chi connectivity index (χ0) is 15.1. The molecule has 0 aliphatic heterocycles. The molecule has 0 aliphatic carbocycles. The molecule has 0 radical (unpaired) electrons. The van der Waals surface area contributed by atoms with Crippen molar-refractivity contribution in [3.05, 3.63) is 42.5 Å². The van der Waals surface area contributed by atoms with Gasteiger partial charge in [0.2, 0.25) is 0 Å². The maximum Gasteiger partial charge on any atom is 0.305 e. The average Bonchev–Trinajstić information content (AvgIpc) is 2.51. The van der Waals surface area contributed by atoms with Gasteiger partial charge in [-0.05, 0) is 17.9 Å². The largest absolute Gasteiger partial charge is 0.490 e. The maximum atomic E-state index is 11.2. The van der Waals surface area contributed by atoms with Crippen LogP contribution >= 0.6 is 0 Å². The van der Waals surface area contributed by atoms with Crippen LogP contribution in [-0.2, 0) is 9.53 Å². The van der Waals surface area contributed by atoms with Crippen molar-refractivity contribution < 1.29 is 19.4 Å². The minimum Gasteiger partial charge on any atom is -0.490 e. The molecule has 0 aromatic heterocycles. The summed E-state index contributed by atoms with van der Waals surface area (Å²) in [5.41, 5.74) is 0. The van der Waals surface area contributed by atoms with Gasteiger partial charge in [0.15, 0.2) is 0 Å². The van der Waals surface area contributed by atoms with Gasteiger partial charge < -0.3 is 14.6 Å². The Morgan fingerprint density at radius 2 is 1.90 bits per heavy atom. The van der Waals surface area contributed by atoms with E-state index in [9.17, 15) is 9.90 Å². The van der Waals surface area contributed by atoms with E-state index in [0.717, 1.165) is 17.2 Å². The molecule has 4 heteroatoms. The Balaban J connectivity index is 1.88. The summed E-state index contributed by atoms with van der Waals surface area (Å²) >= 11 is 0. The highest BCUT2D eigenvalue weighted by molar-refractivity contribution is 5.88. The molecular formula is C17H20O4. The van der Waals surface area contributed by atoms with Crippen LogP contribution in [0.2, 0.25) is 0 Å². The van der Waals surface area contributed by atoms with Crippen LogP contribution in [0.25, 0.3) is 10.8 Å². The number of carbonyl (C=O) groups is 1. The van der Waals surface area contributed by atoms with E-state index in [-0.39, 0.29) is 19.2 Å². The van der Waals surface area contributed by atoms with Crippen molar-refractivity contribution >= 4 is 16.7 Å². The number of esters is 1. The quantitative estimate of drug-likeness (QED) is 0.796. The molecule has 2 aromatic rings. The summed E-state index contributed by atoms with van der Waals surface area (Å²) in [5.74, 6) is 0.425. The molecule has 1 atom stereocenters. The Labute approximate surface area is 124 Å². The Morgan fingerprint density at radius 3 is 2.71 bits per heavy atom. The van der Waals surface area contributed by atoms with Crippen molar-refractivity contribution in [1.82, 2.24) is 0 Å². The topological polar surface area (TPSA) is 55.8 Å². The molecule has 2 aromatic carbocycles. The highest BCUT2D eigenvalue weighted by Crippen LogP contribution is 2.25. The fourth-order valence-electron chi connectivity index (χ4n) is 2.02. The summed E-state index contributed by atoms with van der Waals surface area (Å²) in [4.78, 5) is 11.2. The zero-order valence-electron chi connectivity index (χ0n) is 12.1. The van der Waals surface area contributed by atoms with Crippen LogP contribution in [0.5, 0.6) is 5.75 Å². The first-order valence-electron chi connectivity index (χ1n) is 7.15. The standard InChI is InChI=1S/C17H20O4/c1-2-6-17(19)21-12-14(18)11-20-16-10-5-8-13-7-3-4-9-15(13)16/h3-5,7-10,14,18H,2,6,11-12H2,1H3. The number of benzene rings is 2. The van der Waals surface area contributed by atoms with Crippen LogP contribution in [0.4, 0.5) is 0 Å². The van der Waals surface area contributed by atoms with E-state index in [2.05, 4.69) is 0 Å². The second kappa shape index (κ2) is 7.64. The maximum absolute atomic E-state index is 11.2. The minimum atomic E-state index is -0.829. The SMILES string of the molecule is CCCC(=O)OCC(O)COc1cccc2ccccc12. The third kappa shape index (κ3) is 4.46. The number of rotatable bonds is 7. The summed E-state index contributed by atoms with van der Waals surface area (Å²) in [5, 5.41) is 11.9. The van der Waals surface area contributed by atoms with E-state index < -0.39 is 6.10 Å². The molecule has 112 valence electrons. The first-order chi connectivity index (χ1) is 10.2. The van der Waals surface area contributed by atoms with E-state index in [0.29, 0.717) is 12.2 Å². The second-order valence-electron chi connectivity index (χ2n) is 4.88. The van der Waals surface area contributed by atoms with Crippen LogP contribution in [0.3, 0.4) is 0 Å². The summed E-state index contributed by atoms with van der Waals surface area (Å²) in [6.45, 7) is 1.96. The van der Waals surface area contributed by atoms with Crippen LogP contribution in [0.1, 0.15) is 19.8 Å². The molecule has 0 amide bonds. The van der Waals surface area contributed by atoms with Crippen LogP contribution in [0, 0.1) is 0 Å². The molecule has 0 aliphatic rings. The summed E-state index contributed by atoms with van der Waals surface area (Å²) in [6.07, 6.45) is 0.281. The van der Waals surface area contributed by atoms with Crippen molar-refractivity contribution in [2.75, 3.05) is 13.2 Å². The van der Waals surface area contributed by atoms with Gasteiger partial charge >= 0.3 is 5.97 Å². The van der Waals surface area contributed by atoms with E-state index in [1.54, 1.807) is 0 Å². The Kier molecular flexibility index (Phi) is 5.58. The molecule has 4 nitrogen and oxygen atoms in total. The molecule has 0 spiro atoms. The van der Waals surface area contributed by atoms with E-state index in [1.807, 2.05) is 49.4 Å². The normalized spacial score (nSPS) is 12.1. The predicted molar refractivity (Wildman–Crippen MR) is 81.3 cm³/mol. The first-order valence-corrected chi connectivity index (χ1v) is 7.15. The fraction of sp³-hybridized carbons (Fsp3) is 0.353. The van der Waals surface area contributed by atoms with Gasteiger partial charge in [0.1, 0.15) is 25.1 Å². The summed E-state index contributed by atoms with van der Waals surface area (Å²) in [6, 6.07) is 13.7. The zero-order valence-corrected chi connectivity index (χ0v) is 12.1. The molecule has 1 unspecified atom stereocenters. The Morgan fingerprint density at radius 1 is 1.14 bits per heavy atom. The Hall–Kier alpha value is -2.07. The molecule has 0 heterocycles. The van der Waals surface area contributed by atoms with Crippen molar-refractivity contribution in [2.45, 2.75) is 25.9 Å². The number of fused-ring (bicyclic) bond motifs is 1. The predicted octanol–water partition coefficient (Wildman–Crippen LogP) is 2.92. The number of carbonyl (C=O) groups excluding carboxylic acids is 1. The van der Waals surface area contributed by atoms with Crippen molar-refractivity contribution in [3.63, 3.8) is 0 Å². The van der Waals surface area contributed by atoms with Gasteiger partial charge in [0.05, 0.1) is 0 Å². The van der Waals surface area contributed by atoms with Gasteiger partial charge in [0, 0.05) is 11.8 Å². The number of aliphatic hydroxyl groups is 1. The lowest BCUT2D eigenvalue weighted by atomic mass is 10.1. The van der Waals surface area contributed by atoms with Crippen molar-refractivity contribution in [3.8, 4) is 5.75 Å². The molecular weight excluding hydrogens is 268 g/mol. The molecule has 0 saturated heterocycles. The third-order valence-electron chi connectivity index (χ3n) is 3.07. The minimum absolute atomic E-state index is 0.0381. The highest BCUT2D eigenvalue weighted by atomic mass is 16.5. The molecule has 2 rings (SSSR count). The monoisotopic (exact) mass is 288 g/mol. The number of hydrogen-bond acceptors (Lipinski definition) is 4. The van der Waals surface area contributed by atoms with Crippen LogP contribution < -0.4 is 4.74 Å². The number of hydrogen-bond donors (Lipinski definition) is 1. The molecule has 21 heavy (non-hydrogen) atoms. The van der Waals surface area contributed by atoms with Crippen molar-refractivity contribution in [2.24, 2.45) is 0 Å². The lowest BCUT2D eigenvalue weighted by Gasteiger charge is -2.14. The van der Waals surface area contributed by atoms with Gasteiger partial charge in [-0.2, -0.15) is 0 Å². The lowest BCUT2D eigenvalue weighted by molar-refractivity contribution is -0.147. The molecule has 1 N–H and O–H groups in total. The van der Waals surface area contributed by atoms with E-state index in [4.69, 9.17) is 9.47 Å². The first kappa shape index (κ1) is 15.3. The van der Waals surface area contributed by atoms with Crippen LogP contribution in [0.15, 0.2) is 42.5 Å². The number of ether oxygens (including phenoxy) is 2. The summed E-state index contributed by atoms with van der Waals surface area (Å²) < 4.78 is 10.6. The van der Waals surface area contributed by atoms with E-state index in [1.165, 1.54) is 0 Å². The van der Waals surface area contributed by atoms with E-state index >= 15 is 0 Å². The van der Waals surface area contributed by atoms with Gasteiger partial charge in [-0.25, -0.2) is 0 Å². The van der Waals surface area contributed by atoms with Crippen LogP contribution in [-0.4, -0.2) is 30.4 Å². The van der Waals surface area contributed by atoms with Crippen molar-refractivity contribution in [1.29, 1.82) is 0 Å². The average molecular weight is 288 g/mol. The molecule has 0 fully saturated rings. The van der Waals surface area contributed by atoms with Gasteiger partial charge in [-0.15, -0.1) is 0 Å². The highest BCUT2D eigenvalue weighted by Gasteiger charge is 2.10.